The Labute approximate surface area is 121 Å². The Morgan fingerprint density at radius 3 is 2.60 bits per heavy atom. The summed E-state index contributed by atoms with van der Waals surface area (Å²) in [6, 6.07) is 12.4. The monoisotopic (exact) mass is 292 g/mol. The first-order chi connectivity index (χ1) is 9.61. The summed E-state index contributed by atoms with van der Waals surface area (Å²) in [6.45, 7) is 0.477. The molecule has 1 N–H and O–H groups in total. The van der Waals surface area contributed by atoms with Gasteiger partial charge in [0, 0.05) is 6.54 Å². The van der Waals surface area contributed by atoms with E-state index in [0.717, 1.165) is 5.56 Å². The molecule has 6 heteroatoms. The zero-order valence-electron chi connectivity index (χ0n) is 10.8. The van der Waals surface area contributed by atoms with Crippen molar-refractivity contribution in [2.24, 2.45) is 0 Å². The van der Waals surface area contributed by atoms with Crippen molar-refractivity contribution >= 4 is 23.0 Å². The third-order valence-electron chi connectivity index (χ3n) is 2.79. The first-order valence-corrected chi connectivity index (χ1v) is 6.29. The second-order valence-electron chi connectivity index (χ2n) is 4.10. The fourth-order valence-electron chi connectivity index (χ4n) is 1.78. The van der Waals surface area contributed by atoms with Crippen molar-refractivity contribution in [1.82, 2.24) is 0 Å². The highest BCUT2D eigenvalue weighted by Gasteiger charge is 2.17. The van der Waals surface area contributed by atoms with Gasteiger partial charge in [-0.2, -0.15) is 0 Å². The molecule has 5 nitrogen and oxygen atoms in total. The van der Waals surface area contributed by atoms with Gasteiger partial charge in [-0.15, -0.1) is 0 Å². The van der Waals surface area contributed by atoms with Gasteiger partial charge in [-0.3, -0.25) is 10.1 Å². The lowest BCUT2D eigenvalue weighted by molar-refractivity contribution is -0.384. The molecule has 0 spiro atoms. The third kappa shape index (κ3) is 3.19. The van der Waals surface area contributed by atoms with Crippen LogP contribution in [0.3, 0.4) is 0 Å². The number of ether oxygens (including phenoxy) is 1. The molecular weight excluding hydrogens is 280 g/mol. The predicted octanol–water partition coefficient (Wildman–Crippen LogP) is 3.87. The maximum absolute atomic E-state index is 11.1. The second kappa shape index (κ2) is 6.25. The Morgan fingerprint density at radius 2 is 2.00 bits per heavy atom. The maximum atomic E-state index is 11.1. The van der Waals surface area contributed by atoms with Crippen LogP contribution in [0.1, 0.15) is 5.56 Å². The molecule has 0 bridgehead atoms. The highest BCUT2D eigenvalue weighted by Crippen LogP contribution is 2.35. The van der Waals surface area contributed by atoms with Gasteiger partial charge >= 0.3 is 0 Å². The van der Waals surface area contributed by atoms with E-state index in [4.69, 9.17) is 16.3 Å². The van der Waals surface area contributed by atoms with Gasteiger partial charge in [0.15, 0.2) is 0 Å². The number of nitrogens with one attached hydrogen (secondary N) is 1. The molecule has 0 aliphatic rings. The normalized spacial score (nSPS) is 10.1. The smallest absolute Gasteiger partial charge is 0.296 e. The molecule has 0 fully saturated rings. The molecule has 0 radical (unpaired) electrons. The Hall–Kier alpha value is -2.27. The summed E-state index contributed by atoms with van der Waals surface area (Å²) in [7, 11) is 1.42. The Bertz CT molecular complexity index is 617. The highest BCUT2D eigenvalue weighted by molar-refractivity contribution is 6.32. The van der Waals surface area contributed by atoms with Crippen LogP contribution in [0.25, 0.3) is 0 Å². The van der Waals surface area contributed by atoms with Gasteiger partial charge < -0.3 is 10.1 Å². The van der Waals surface area contributed by atoms with E-state index >= 15 is 0 Å². The van der Waals surface area contributed by atoms with E-state index in [1.165, 1.54) is 19.2 Å². The zero-order valence-corrected chi connectivity index (χ0v) is 11.6. The van der Waals surface area contributed by atoms with Crippen molar-refractivity contribution in [1.29, 1.82) is 0 Å². The average Bonchev–Trinajstić information content (AvgIpc) is 2.46. The lowest BCUT2D eigenvalue weighted by atomic mass is 10.2. The number of nitro groups is 1. The molecule has 0 aliphatic heterocycles. The van der Waals surface area contributed by atoms with Crippen molar-refractivity contribution in [2.75, 3.05) is 12.4 Å². The van der Waals surface area contributed by atoms with Crippen molar-refractivity contribution < 1.29 is 9.66 Å². The summed E-state index contributed by atoms with van der Waals surface area (Å²) in [5.74, 6) is 0.281. The SMILES string of the molecule is COc1cc([N+](=O)[O-])c(NCc2ccccc2)cc1Cl. The van der Waals surface area contributed by atoms with Gasteiger partial charge in [-0.25, -0.2) is 0 Å². The number of halogens is 1. The molecule has 0 aromatic heterocycles. The van der Waals surface area contributed by atoms with E-state index in [2.05, 4.69) is 5.32 Å². The van der Waals surface area contributed by atoms with Crippen LogP contribution in [0.4, 0.5) is 11.4 Å². The van der Waals surface area contributed by atoms with E-state index in [1.807, 2.05) is 30.3 Å². The summed E-state index contributed by atoms with van der Waals surface area (Å²) in [5, 5.41) is 14.4. The summed E-state index contributed by atoms with van der Waals surface area (Å²) < 4.78 is 4.99. The molecule has 0 aliphatic carbocycles. The molecule has 2 rings (SSSR count). The molecule has 0 heterocycles. The van der Waals surface area contributed by atoms with Crippen LogP contribution < -0.4 is 10.1 Å². The third-order valence-corrected chi connectivity index (χ3v) is 3.09. The number of benzene rings is 2. The minimum absolute atomic E-state index is 0.0674. The number of rotatable bonds is 5. The van der Waals surface area contributed by atoms with Crippen LogP contribution in [-0.4, -0.2) is 12.0 Å². The molecule has 2 aromatic carbocycles. The summed E-state index contributed by atoms with van der Waals surface area (Å²) in [5.41, 5.74) is 1.32. The van der Waals surface area contributed by atoms with Crippen molar-refractivity contribution in [3.8, 4) is 5.75 Å². The number of anilines is 1. The lowest BCUT2D eigenvalue weighted by Crippen LogP contribution is -2.03. The van der Waals surface area contributed by atoms with Gasteiger partial charge in [0.2, 0.25) is 0 Å². The van der Waals surface area contributed by atoms with Crippen LogP contribution in [0, 0.1) is 10.1 Å². The van der Waals surface area contributed by atoms with Gasteiger partial charge in [0.05, 0.1) is 23.1 Å². The minimum Gasteiger partial charge on any atom is -0.495 e. The van der Waals surface area contributed by atoms with Crippen molar-refractivity contribution in [3.63, 3.8) is 0 Å². The van der Waals surface area contributed by atoms with Gasteiger partial charge in [0.25, 0.3) is 5.69 Å². The summed E-state index contributed by atoms with van der Waals surface area (Å²) in [4.78, 5) is 10.6. The topological polar surface area (TPSA) is 64.4 Å². The quantitative estimate of drug-likeness (QED) is 0.671. The van der Waals surface area contributed by atoms with Gasteiger partial charge in [0.1, 0.15) is 11.4 Å². The van der Waals surface area contributed by atoms with E-state index in [1.54, 1.807) is 0 Å². The second-order valence-corrected chi connectivity index (χ2v) is 4.51. The summed E-state index contributed by atoms with van der Waals surface area (Å²) in [6.07, 6.45) is 0. The number of hydrogen-bond acceptors (Lipinski definition) is 4. The molecule has 0 saturated heterocycles. The van der Waals surface area contributed by atoms with Crippen molar-refractivity contribution in [2.45, 2.75) is 6.54 Å². The van der Waals surface area contributed by atoms with Crippen LogP contribution in [0.5, 0.6) is 5.75 Å². The largest absolute Gasteiger partial charge is 0.495 e. The number of nitrogens with zero attached hydrogens (tertiary/aromatic N) is 1. The number of methoxy groups -OCH3 is 1. The Kier molecular flexibility index (Phi) is 4.42. The Balaban J connectivity index is 2.26. The predicted molar refractivity (Wildman–Crippen MR) is 78.4 cm³/mol. The Morgan fingerprint density at radius 1 is 1.30 bits per heavy atom. The standard InChI is InChI=1S/C14H13ClN2O3/c1-20-14-8-13(17(18)19)12(7-11(14)15)16-9-10-5-3-2-4-6-10/h2-8,16H,9H2,1H3. The molecule has 104 valence electrons. The van der Waals surface area contributed by atoms with Crippen LogP contribution in [-0.2, 0) is 6.54 Å². The molecule has 2 aromatic rings. The molecule has 0 saturated carbocycles. The van der Waals surface area contributed by atoms with E-state index < -0.39 is 4.92 Å². The maximum Gasteiger partial charge on any atom is 0.296 e. The average molecular weight is 293 g/mol. The molecular formula is C14H13ClN2O3. The van der Waals surface area contributed by atoms with Gasteiger partial charge in [-0.05, 0) is 11.6 Å². The van der Waals surface area contributed by atoms with E-state index in [9.17, 15) is 10.1 Å². The van der Waals surface area contributed by atoms with E-state index in [-0.39, 0.29) is 11.4 Å². The zero-order chi connectivity index (χ0) is 14.5. The molecule has 20 heavy (non-hydrogen) atoms. The molecule has 0 amide bonds. The van der Waals surface area contributed by atoms with Crippen LogP contribution in [0.2, 0.25) is 5.02 Å². The fraction of sp³-hybridized carbons (Fsp3) is 0.143. The summed E-state index contributed by atoms with van der Waals surface area (Å²) >= 11 is 6.00. The van der Waals surface area contributed by atoms with Crippen LogP contribution in [0.15, 0.2) is 42.5 Å². The fourth-order valence-corrected chi connectivity index (χ4v) is 2.03. The first kappa shape index (κ1) is 14.1. The molecule has 0 atom stereocenters. The van der Waals surface area contributed by atoms with E-state index in [0.29, 0.717) is 17.3 Å². The lowest BCUT2D eigenvalue weighted by Gasteiger charge is -2.10. The van der Waals surface area contributed by atoms with Gasteiger partial charge in [-0.1, -0.05) is 41.9 Å². The highest BCUT2D eigenvalue weighted by atomic mass is 35.5. The van der Waals surface area contributed by atoms with Crippen LogP contribution >= 0.6 is 11.6 Å². The minimum atomic E-state index is -0.466. The van der Waals surface area contributed by atoms with Crippen molar-refractivity contribution in [3.05, 3.63) is 63.2 Å². The number of nitro benzene ring substituents is 1. The molecule has 0 unspecified atom stereocenters. The first-order valence-electron chi connectivity index (χ1n) is 5.91. The number of hydrogen-bond donors (Lipinski definition) is 1.